The first-order valence-electron chi connectivity index (χ1n) is 9.41. The van der Waals surface area contributed by atoms with Crippen LogP contribution in [0.4, 0.5) is 18.9 Å². The summed E-state index contributed by atoms with van der Waals surface area (Å²) < 4.78 is 72.7. The van der Waals surface area contributed by atoms with Crippen molar-refractivity contribution in [2.45, 2.75) is 17.9 Å². The zero-order valence-electron chi connectivity index (χ0n) is 16.8. The lowest BCUT2D eigenvalue weighted by Gasteiger charge is -2.15. The van der Waals surface area contributed by atoms with Gasteiger partial charge >= 0.3 is 0 Å². The highest BCUT2D eigenvalue weighted by atomic mass is 32.2. The third-order valence-electron chi connectivity index (χ3n) is 4.44. The van der Waals surface area contributed by atoms with Crippen LogP contribution in [0.25, 0.3) is 0 Å². The molecule has 168 valence electrons. The Balaban J connectivity index is 1.58. The molecule has 0 heterocycles. The van der Waals surface area contributed by atoms with Crippen molar-refractivity contribution in [2.75, 3.05) is 11.9 Å². The molecule has 2 N–H and O–H groups in total. The van der Waals surface area contributed by atoms with Crippen molar-refractivity contribution < 1.29 is 31.1 Å². The summed E-state index contributed by atoms with van der Waals surface area (Å²) in [6.07, 6.45) is 0. The minimum absolute atomic E-state index is 0.000871. The maximum atomic E-state index is 13.6. The van der Waals surface area contributed by atoms with Crippen LogP contribution in [-0.2, 0) is 14.8 Å². The number of amides is 1. The fourth-order valence-electron chi connectivity index (χ4n) is 2.78. The molecule has 3 rings (SSSR count). The smallest absolute Gasteiger partial charge is 0.262 e. The van der Waals surface area contributed by atoms with Crippen LogP contribution in [-0.4, -0.2) is 20.9 Å². The van der Waals surface area contributed by atoms with E-state index in [4.69, 9.17) is 4.74 Å². The second-order valence-electron chi connectivity index (χ2n) is 6.78. The Morgan fingerprint density at radius 3 is 2.25 bits per heavy atom. The highest BCUT2D eigenvalue weighted by Crippen LogP contribution is 2.21. The number of hydrogen-bond donors (Lipinski definition) is 2. The first kappa shape index (κ1) is 23.3. The van der Waals surface area contributed by atoms with Gasteiger partial charge in [-0.05, 0) is 48.9 Å². The topological polar surface area (TPSA) is 84.5 Å². The number of carbonyl (C=O) groups is 1. The van der Waals surface area contributed by atoms with E-state index in [0.29, 0.717) is 6.07 Å². The zero-order valence-corrected chi connectivity index (χ0v) is 17.6. The Morgan fingerprint density at radius 1 is 0.938 bits per heavy atom. The molecular weight excluding hydrogens is 445 g/mol. The first-order valence-corrected chi connectivity index (χ1v) is 10.9. The van der Waals surface area contributed by atoms with Gasteiger partial charge in [-0.15, -0.1) is 0 Å². The molecular formula is C22H19F3N2O4S. The Morgan fingerprint density at radius 2 is 1.59 bits per heavy atom. The summed E-state index contributed by atoms with van der Waals surface area (Å²) in [5, 5.41) is 2.07. The molecule has 0 fully saturated rings. The average molecular weight is 464 g/mol. The SMILES string of the molecule is CC(NS(=O)(=O)c1ccc(OCC(=O)Nc2ccc(F)c(F)c2F)cc1)c1ccccc1. The lowest BCUT2D eigenvalue weighted by atomic mass is 10.1. The average Bonchev–Trinajstić information content (AvgIpc) is 2.78. The number of rotatable bonds is 8. The summed E-state index contributed by atoms with van der Waals surface area (Å²) in [7, 11) is -3.80. The lowest BCUT2D eigenvalue weighted by molar-refractivity contribution is -0.118. The third kappa shape index (κ3) is 5.65. The molecule has 32 heavy (non-hydrogen) atoms. The number of anilines is 1. The van der Waals surface area contributed by atoms with Crippen molar-refractivity contribution in [1.82, 2.24) is 4.72 Å². The standard InChI is InChI=1S/C22H19F3N2O4S/c1-14(15-5-3-2-4-6-15)27-32(29,30)17-9-7-16(8-10-17)31-13-20(28)26-19-12-11-18(23)21(24)22(19)25/h2-12,14,27H,13H2,1H3,(H,26,28). The number of sulfonamides is 1. The molecule has 0 bridgehead atoms. The van der Waals surface area contributed by atoms with Gasteiger partial charge in [0.05, 0.1) is 10.6 Å². The maximum absolute atomic E-state index is 13.6. The van der Waals surface area contributed by atoms with Gasteiger partial charge in [0.25, 0.3) is 5.91 Å². The highest BCUT2D eigenvalue weighted by molar-refractivity contribution is 7.89. The van der Waals surface area contributed by atoms with E-state index in [-0.39, 0.29) is 10.6 Å². The van der Waals surface area contributed by atoms with Crippen molar-refractivity contribution in [3.05, 3.63) is 89.7 Å². The van der Waals surface area contributed by atoms with Crippen LogP contribution in [0, 0.1) is 17.5 Å². The number of benzene rings is 3. The van der Waals surface area contributed by atoms with Gasteiger partial charge in [0.1, 0.15) is 5.75 Å². The molecule has 0 radical (unpaired) electrons. The number of carbonyl (C=O) groups excluding carboxylic acids is 1. The van der Waals surface area contributed by atoms with Gasteiger partial charge in [-0.3, -0.25) is 4.79 Å². The Bertz CT molecular complexity index is 1200. The van der Waals surface area contributed by atoms with Crippen LogP contribution in [0.2, 0.25) is 0 Å². The lowest BCUT2D eigenvalue weighted by Crippen LogP contribution is -2.26. The first-order chi connectivity index (χ1) is 15.2. The van der Waals surface area contributed by atoms with E-state index in [1.165, 1.54) is 24.3 Å². The van der Waals surface area contributed by atoms with Crippen LogP contribution in [0.5, 0.6) is 5.75 Å². The van der Waals surface area contributed by atoms with Gasteiger partial charge in [0, 0.05) is 6.04 Å². The molecule has 0 aliphatic rings. The van der Waals surface area contributed by atoms with E-state index >= 15 is 0 Å². The third-order valence-corrected chi connectivity index (χ3v) is 6.00. The van der Waals surface area contributed by atoms with Crippen molar-refractivity contribution in [3.63, 3.8) is 0 Å². The van der Waals surface area contributed by atoms with Crippen molar-refractivity contribution in [1.29, 1.82) is 0 Å². The molecule has 0 spiro atoms. The second kappa shape index (κ2) is 9.84. The van der Waals surface area contributed by atoms with E-state index in [2.05, 4.69) is 10.0 Å². The molecule has 6 nitrogen and oxygen atoms in total. The van der Waals surface area contributed by atoms with Crippen LogP contribution in [0.1, 0.15) is 18.5 Å². The van der Waals surface area contributed by atoms with Gasteiger partial charge in [-0.1, -0.05) is 30.3 Å². The highest BCUT2D eigenvalue weighted by Gasteiger charge is 2.19. The van der Waals surface area contributed by atoms with Crippen LogP contribution in [0.3, 0.4) is 0 Å². The summed E-state index contributed by atoms with van der Waals surface area (Å²) >= 11 is 0. The van der Waals surface area contributed by atoms with Crippen molar-refractivity contribution in [3.8, 4) is 5.75 Å². The molecule has 10 heteroatoms. The summed E-state index contributed by atoms with van der Waals surface area (Å²) in [5.41, 5.74) is 0.275. The molecule has 1 amide bonds. The van der Waals surface area contributed by atoms with E-state index in [0.717, 1.165) is 11.6 Å². The van der Waals surface area contributed by atoms with Gasteiger partial charge < -0.3 is 10.1 Å². The fourth-order valence-corrected chi connectivity index (χ4v) is 4.02. The quantitative estimate of drug-likeness (QED) is 0.491. The van der Waals surface area contributed by atoms with Crippen LogP contribution < -0.4 is 14.8 Å². The molecule has 0 aliphatic heterocycles. The monoisotopic (exact) mass is 464 g/mol. The molecule has 0 aromatic heterocycles. The van der Waals surface area contributed by atoms with Gasteiger partial charge in [-0.25, -0.2) is 26.3 Å². The van der Waals surface area contributed by atoms with E-state index in [1.54, 1.807) is 19.1 Å². The number of hydrogen-bond acceptors (Lipinski definition) is 4. The summed E-state index contributed by atoms with van der Waals surface area (Å²) in [4.78, 5) is 11.9. The van der Waals surface area contributed by atoms with Gasteiger partial charge in [0.2, 0.25) is 10.0 Å². The van der Waals surface area contributed by atoms with Crippen molar-refractivity contribution >= 4 is 21.6 Å². The normalized spacial score (nSPS) is 12.2. The van der Waals surface area contributed by atoms with Gasteiger partial charge in [0.15, 0.2) is 24.1 Å². The zero-order chi connectivity index (χ0) is 23.3. The number of halogens is 3. The molecule has 0 saturated carbocycles. The molecule has 0 saturated heterocycles. The Labute approximate surface area is 183 Å². The van der Waals surface area contributed by atoms with E-state index in [9.17, 15) is 26.4 Å². The van der Waals surface area contributed by atoms with E-state index in [1.807, 2.05) is 18.2 Å². The van der Waals surface area contributed by atoms with Crippen molar-refractivity contribution in [2.24, 2.45) is 0 Å². The summed E-state index contributed by atoms with van der Waals surface area (Å²) in [6.45, 7) is 1.16. The number of nitrogens with one attached hydrogen (secondary N) is 2. The minimum Gasteiger partial charge on any atom is -0.484 e. The van der Waals surface area contributed by atoms with E-state index < -0.39 is 51.7 Å². The predicted molar refractivity (Wildman–Crippen MR) is 112 cm³/mol. The Hall–Kier alpha value is -3.37. The molecule has 3 aromatic rings. The fraction of sp³-hybridized carbons (Fsp3) is 0.136. The Kier molecular flexibility index (Phi) is 7.16. The largest absolute Gasteiger partial charge is 0.484 e. The summed E-state index contributed by atoms with van der Waals surface area (Å²) in [6, 6.07) is 15.5. The minimum atomic E-state index is -3.80. The molecule has 3 aromatic carbocycles. The van der Waals surface area contributed by atoms with Crippen LogP contribution in [0.15, 0.2) is 71.6 Å². The summed E-state index contributed by atoms with van der Waals surface area (Å²) in [5.74, 6) is -5.23. The molecule has 1 unspecified atom stereocenters. The predicted octanol–water partition coefficient (Wildman–Crippen LogP) is 4.16. The molecule has 1 atom stereocenters. The van der Waals surface area contributed by atoms with Gasteiger partial charge in [-0.2, -0.15) is 0 Å². The number of ether oxygens (including phenoxy) is 1. The molecule has 0 aliphatic carbocycles. The van der Waals surface area contributed by atoms with Crippen LogP contribution >= 0.6 is 0 Å². The maximum Gasteiger partial charge on any atom is 0.262 e. The second-order valence-corrected chi connectivity index (χ2v) is 8.50.